The number of nitrogens with one attached hydrogen (secondary N) is 2. The van der Waals surface area contributed by atoms with E-state index < -0.39 is 0 Å². The largest absolute Gasteiger partial charge is 0.350 e. The van der Waals surface area contributed by atoms with Gasteiger partial charge in [0.2, 0.25) is 0 Å². The van der Waals surface area contributed by atoms with Gasteiger partial charge in [0, 0.05) is 23.8 Å². The fourth-order valence-electron chi connectivity index (χ4n) is 3.07. The number of hydrogen-bond donors (Lipinski definition) is 2. The van der Waals surface area contributed by atoms with Crippen molar-refractivity contribution in [3.05, 3.63) is 52.8 Å². The molecule has 0 spiro atoms. The molecule has 0 bridgehead atoms. The Labute approximate surface area is 149 Å². The minimum absolute atomic E-state index is 0. The number of carbonyl (C=O) groups excluding carboxylic acids is 1. The van der Waals surface area contributed by atoms with Crippen molar-refractivity contribution in [3.8, 4) is 0 Å². The highest BCUT2D eigenvalue weighted by Gasteiger charge is 2.15. The maximum absolute atomic E-state index is 12.3. The summed E-state index contributed by atoms with van der Waals surface area (Å²) in [6.45, 7) is 6.47. The first-order valence-electron chi connectivity index (χ1n) is 8.23. The van der Waals surface area contributed by atoms with Crippen LogP contribution in [0, 0.1) is 13.8 Å². The van der Waals surface area contributed by atoms with Crippen LogP contribution >= 0.6 is 12.4 Å². The summed E-state index contributed by atoms with van der Waals surface area (Å²) in [5.74, 6) is -0.00563. The van der Waals surface area contributed by atoms with Gasteiger partial charge < -0.3 is 10.6 Å². The summed E-state index contributed by atoms with van der Waals surface area (Å²) < 4.78 is 1.97. The van der Waals surface area contributed by atoms with Crippen LogP contribution in [0.3, 0.4) is 0 Å². The number of rotatable bonds is 5. The lowest BCUT2D eigenvalue weighted by Gasteiger charge is -2.12. The van der Waals surface area contributed by atoms with Crippen LogP contribution in [-0.4, -0.2) is 34.8 Å². The standard InChI is InChI=1S/C18H24N4O.ClH/c1-13-9-14(2)22(21-13)12-15-5-3-6-16(10-15)18(23)20-11-17-7-4-8-19-17;/h3,5-6,9-10,17,19H,4,7-8,11-12H2,1-2H3,(H,20,23);1H. The van der Waals surface area contributed by atoms with E-state index >= 15 is 0 Å². The van der Waals surface area contributed by atoms with Crippen molar-refractivity contribution in [1.82, 2.24) is 20.4 Å². The molecule has 0 saturated carbocycles. The maximum atomic E-state index is 12.3. The number of nitrogens with zero attached hydrogens (tertiary/aromatic N) is 2. The zero-order chi connectivity index (χ0) is 16.2. The van der Waals surface area contributed by atoms with Crippen LogP contribution in [-0.2, 0) is 6.54 Å². The minimum atomic E-state index is -0.00563. The molecular weight excluding hydrogens is 324 g/mol. The first-order valence-corrected chi connectivity index (χ1v) is 8.23. The van der Waals surface area contributed by atoms with Crippen molar-refractivity contribution in [1.29, 1.82) is 0 Å². The zero-order valence-corrected chi connectivity index (χ0v) is 15.0. The van der Waals surface area contributed by atoms with Gasteiger partial charge in [0.05, 0.1) is 12.2 Å². The van der Waals surface area contributed by atoms with Gasteiger partial charge in [0.25, 0.3) is 5.91 Å². The van der Waals surface area contributed by atoms with Gasteiger partial charge in [-0.05, 0) is 57.0 Å². The van der Waals surface area contributed by atoms with Gasteiger partial charge in [-0.2, -0.15) is 5.10 Å². The Hall–Kier alpha value is -1.85. The van der Waals surface area contributed by atoms with E-state index in [4.69, 9.17) is 0 Å². The molecule has 2 heterocycles. The highest BCUT2D eigenvalue weighted by atomic mass is 35.5. The lowest BCUT2D eigenvalue weighted by molar-refractivity contribution is 0.0950. The molecule has 0 aliphatic carbocycles. The number of halogens is 1. The van der Waals surface area contributed by atoms with E-state index in [9.17, 15) is 4.79 Å². The molecule has 24 heavy (non-hydrogen) atoms. The van der Waals surface area contributed by atoms with E-state index in [0.29, 0.717) is 24.7 Å². The predicted octanol–water partition coefficient (Wildman–Crippen LogP) is 2.45. The van der Waals surface area contributed by atoms with Crippen LogP contribution in [0.25, 0.3) is 0 Å². The lowest BCUT2D eigenvalue weighted by atomic mass is 10.1. The summed E-state index contributed by atoms with van der Waals surface area (Å²) in [7, 11) is 0. The normalized spacial score (nSPS) is 16.7. The van der Waals surface area contributed by atoms with Crippen molar-refractivity contribution in [2.75, 3.05) is 13.1 Å². The molecule has 1 aromatic heterocycles. The van der Waals surface area contributed by atoms with Crippen molar-refractivity contribution in [3.63, 3.8) is 0 Å². The number of hydrogen-bond acceptors (Lipinski definition) is 3. The number of aryl methyl sites for hydroxylation is 2. The highest BCUT2D eigenvalue weighted by molar-refractivity contribution is 5.94. The molecule has 1 saturated heterocycles. The maximum Gasteiger partial charge on any atom is 0.251 e. The van der Waals surface area contributed by atoms with Gasteiger partial charge in [-0.15, -0.1) is 12.4 Å². The van der Waals surface area contributed by atoms with Gasteiger partial charge in [0.1, 0.15) is 0 Å². The number of aromatic nitrogens is 2. The van der Waals surface area contributed by atoms with E-state index in [1.54, 1.807) is 0 Å². The Kier molecular flexibility index (Phi) is 6.40. The third kappa shape index (κ3) is 4.58. The van der Waals surface area contributed by atoms with Crippen LogP contribution in [0.4, 0.5) is 0 Å². The van der Waals surface area contributed by atoms with Crippen molar-refractivity contribution >= 4 is 18.3 Å². The molecule has 1 aromatic carbocycles. The summed E-state index contributed by atoms with van der Waals surface area (Å²) in [4.78, 5) is 12.3. The Bertz CT molecular complexity index is 692. The Morgan fingerprint density at radius 2 is 2.21 bits per heavy atom. The van der Waals surface area contributed by atoms with Crippen LogP contribution in [0.2, 0.25) is 0 Å². The molecule has 3 rings (SSSR count). The number of carbonyl (C=O) groups is 1. The molecule has 2 N–H and O–H groups in total. The SMILES string of the molecule is Cc1cc(C)n(Cc2cccc(C(=O)NCC3CCCN3)c2)n1.Cl. The second-order valence-corrected chi connectivity index (χ2v) is 6.29. The molecule has 1 unspecified atom stereocenters. The van der Waals surface area contributed by atoms with E-state index in [1.807, 2.05) is 42.8 Å². The first-order chi connectivity index (χ1) is 11.1. The Morgan fingerprint density at radius 3 is 2.88 bits per heavy atom. The highest BCUT2D eigenvalue weighted by Crippen LogP contribution is 2.10. The number of benzene rings is 1. The average Bonchev–Trinajstić information content (AvgIpc) is 3.15. The van der Waals surface area contributed by atoms with Gasteiger partial charge in [-0.1, -0.05) is 12.1 Å². The van der Waals surface area contributed by atoms with Crippen molar-refractivity contribution < 1.29 is 4.79 Å². The number of amides is 1. The average molecular weight is 349 g/mol. The fraction of sp³-hybridized carbons (Fsp3) is 0.444. The van der Waals surface area contributed by atoms with Crippen LogP contribution < -0.4 is 10.6 Å². The van der Waals surface area contributed by atoms with Crippen molar-refractivity contribution in [2.24, 2.45) is 0 Å². The second kappa shape index (κ2) is 8.31. The van der Waals surface area contributed by atoms with E-state index in [0.717, 1.165) is 29.9 Å². The van der Waals surface area contributed by atoms with Gasteiger partial charge >= 0.3 is 0 Å². The molecule has 6 heteroatoms. The molecule has 5 nitrogen and oxygen atoms in total. The summed E-state index contributed by atoms with van der Waals surface area (Å²) in [5.41, 5.74) is 3.94. The van der Waals surface area contributed by atoms with Gasteiger partial charge in [0.15, 0.2) is 0 Å². The molecule has 1 atom stereocenters. The van der Waals surface area contributed by atoms with Gasteiger partial charge in [-0.25, -0.2) is 0 Å². The van der Waals surface area contributed by atoms with Crippen molar-refractivity contribution in [2.45, 2.75) is 39.3 Å². The molecule has 2 aromatic rings. The smallest absolute Gasteiger partial charge is 0.251 e. The third-order valence-electron chi connectivity index (χ3n) is 4.30. The molecule has 1 fully saturated rings. The van der Waals surface area contributed by atoms with E-state index in [1.165, 1.54) is 6.42 Å². The Morgan fingerprint density at radius 1 is 1.38 bits per heavy atom. The van der Waals surface area contributed by atoms with E-state index in [-0.39, 0.29) is 18.3 Å². The lowest BCUT2D eigenvalue weighted by Crippen LogP contribution is -2.37. The quantitative estimate of drug-likeness (QED) is 0.872. The monoisotopic (exact) mass is 348 g/mol. The molecule has 1 amide bonds. The van der Waals surface area contributed by atoms with Crippen LogP contribution in [0.15, 0.2) is 30.3 Å². The predicted molar refractivity (Wildman–Crippen MR) is 97.9 cm³/mol. The molecule has 1 aliphatic rings. The molecule has 1 aliphatic heterocycles. The molecular formula is C18H25ClN4O. The van der Waals surface area contributed by atoms with Crippen LogP contribution in [0.1, 0.15) is 40.2 Å². The first kappa shape index (κ1) is 18.5. The molecule has 0 radical (unpaired) electrons. The Balaban J connectivity index is 0.00000208. The zero-order valence-electron chi connectivity index (χ0n) is 14.2. The van der Waals surface area contributed by atoms with Crippen LogP contribution in [0.5, 0.6) is 0 Å². The third-order valence-corrected chi connectivity index (χ3v) is 4.30. The molecule has 130 valence electrons. The van der Waals surface area contributed by atoms with Gasteiger partial charge in [-0.3, -0.25) is 9.48 Å². The topological polar surface area (TPSA) is 59.0 Å². The minimum Gasteiger partial charge on any atom is -0.350 e. The summed E-state index contributed by atoms with van der Waals surface area (Å²) >= 11 is 0. The second-order valence-electron chi connectivity index (χ2n) is 6.29. The summed E-state index contributed by atoms with van der Waals surface area (Å²) in [6, 6.07) is 10.3. The van der Waals surface area contributed by atoms with E-state index in [2.05, 4.69) is 21.8 Å². The summed E-state index contributed by atoms with van der Waals surface area (Å²) in [6.07, 6.45) is 2.33. The summed E-state index contributed by atoms with van der Waals surface area (Å²) in [5, 5.41) is 10.9. The fourth-order valence-corrected chi connectivity index (χ4v) is 3.07.